The fourth-order valence-corrected chi connectivity index (χ4v) is 1.93. The molecule has 4 nitrogen and oxygen atoms in total. The normalized spacial score (nSPS) is 12.2. The first kappa shape index (κ1) is 17.4. The van der Waals surface area contributed by atoms with Gasteiger partial charge in [-0.25, -0.2) is 0 Å². The third-order valence-corrected chi connectivity index (χ3v) is 4.08. The van der Waals surface area contributed by atoms with Crippen LogP contribution in [-0.2, 0) is 4.79 Å². The van der Waals surface area contributed by atoms with E-state index in [1.54, 1.807) is 0 Å². The molecule has 0 fully saturated rings. The molecule has 0 aromatic heterocycles. The van der Waals surface area contributed by atoms with E-state index in [1.807, 2.05) is 13.8 Å². The zero-order valence-electron chi connectivity index (χ0n) is 12.8. The van der Waals surface area contributed by atoms with E-state index in [9.17, 15) is 4.79 Å². The molecule has 108 valence electrons. The van der Waals surface area contributed by atoms with E-state index >= 15 is 0 Å². The monoisotopic (exact) mass is 257 g/mol. The smallest absolute Gasteiger partial charge is 0.227 e. The summed E-state index contributed by atoms with van der Waals surface area (Å²) < 4.78 is 0. The number of amides is 1. The first-order valence-electron chi connectivity index (χ1n) is 7.12. The predicted molar refractivity (Wildman–Crippen MR) is 77.5 cm³/mol. The highest BCUT2D eigenvalue weighted by molar-refractivity contribution is 5.82. The van der Waals surface area contributed by atoms with E-state index < -0.39 is 0 Å². The number of nitrogens with zero attached hydrogens (tertiary/aromatic N) is 1. The summed E-state index contributed by atoms with van der Waals surface area (Å²) in [6.45, 7) is 10.6. The highest BCUT2D eigenvalue weighted by Crippen LogP contribution is 2.24. The van der Waals surface area contributed by atoms with E-state index in [2.05, 4.69) is 31.1 Å². The van der Waals surface area contributed by atoms with Crippen LogP contribution >= 0.6 is 0 Å². The number of rotatable bonds is 9. The van der Waals surface area contributed by atoms with Crippen molar-refractivity contribution in [3.8, 4) is 0 Å². The lowest BCUT2D eigenvalue weighted by Crippen LogP contribution is -2.45. The third-order valence-electron chi connectivity index (χ3n) is 4.08. The summed E-state index contributed by atoms with van der Waals surface area (Å²) >= 11 is 0. The van der Waals surface area contributed by atoms with Crippen LogP contribution < -0.4 is 11.1 Å². The van der Waals surface area contributed by atoms with Gasteiger partial charge in [0.2, 0.25) is 5.91 Å². The lowest BCUT2D eigenvalue weighted by molar-refractivity contribution is -0.131. The second-order valence-corrected chi connectivity index (χ2v) is 5.38. The van der Waals surface area contributed by atoms with Gasteiger partial charge in [-0.1, -0.05) is 13.8 Å². The molecule has 0 rings (SSSR count). The largest absolute Gasteiger partial charge is 0.356 e. The third kappa shape index (κ3) is 4.94. The van der Waals surface area contributed by atoms with Crippen molar-refractivity contribution in [1.82, 2.24) is 10.2 Å². The summed E-state index contributed by atoms with van der Waals surface area (Å²) in [5, 5.41) is 3.03. The summed E-state index contributed by atoms with van der Waals surface area (Å²) in [5.41, 5.74) is 5.38. The van der Waals surface area contributed by atoms with Crippen molar-refractivity contribution >= 4 is 5.91 Å². The van der Waals surface area contributed by atoms with Crippen LogP contribution in [0.4, 0.5) is 0 Å². The molecule has 0 saturated carbocycles. The van der Waals surface area contributed by atoms with Crippen molar-refractivity contribution in [3.63, 3.8) is 0 Å². The predicted octanol–water partition coefficient (Wildman–Crippen LogP) is 1.60. The molecule has 0 aliphatic carbocycles. The van der Waals surface area contributed by atoms with Gasteiger partial charge in [0.15, 0.2) is 0 Å². The number of nitrogens with two attached hydrogens (primary N) is 1. The Kier molecular flexibility index (Phi) is 8.20. The van der Waals surface area contributed by atoms with Crippen LogP contribution in [0.25, 0.3) is 0 Å². The lowest BCUT2D eigenvalue weighted by atomic mass is 9.81. The fraction of sp³-hybridized carbons (Fsp3) is 0.929. The van der Waals surface area contributed by atoms with Crippen molar-refractivity contribution < 1.29 is 4.79 Å². The van der Waals surface area contributed by atoms with Gasteiger partial charge in [0.25, 0.3) is 0 Å². The number of hydrogen-bond donors (Lipinski definition) is 2. The van der Waals surface area contributed by atoms with Crippen molar-refractivity contribution in [2.24, 2.45) is 11.1 Å². The highest BCUT2D eigenvalue weighted by atomic mass is 16.2. The topological polar surface area (TPSA) is 58.4 Å². The first-order chi connectivity index (χ1) is 8.43. The minimum atomic E-state index is -0.371. The molecular weight excluding hydrogens is 226 g/mol. The summed E-state index contributed by atoms with van der Waals surface area (Å²) in [6.07, 6.45) is 2.59. The maximum absolute atomic E-state index is 12.1. The molecule has 0 heterocycles. The molecule has 18 heavy (non-hydrogen) atoms. The van der Waals surface area contributed by atoms with Gasteiger partial charge < -0.3 is 16.0 Å². The Morgan fingerprint density at radius 2 is 1.89 bits per heavy atom. The maximum atomic E-state index is 12.1. The zero-order valence-corrected chi connectivity index (χ0v) is 12.8. The van der Waals surface area contributed by atoms with Gasteiger partial charge in [0, 0.05) is 19.1 Å². The SMILES string of the molecule is CCC(CC)(CN)C(=O)NCCCN(C)C(C)C. The molecule has 0 spiro atoms. The van der Waals surface area contributed by atoms with Crippen molar-refractivity contribution in [1.29, 1.82) is 0 Å². The van der Waals surface area contributed by atoms with E-state index in [0.29, 0.717) is 12.6 Å². The molecule has 0 aliphatic rings. The summed E-state index contributed by atoms with van der Waals surface area (Å²) in [6, 6.07) is 0.551. The second kappa shape index (κ2) is 8.48. The molecule has 0 aromatic carbocycles. The molecule has 1 amide bonds. The Morgan fingerprint density at radius 3 is 2.28 bits per heavy atom. The second-order valence-electron chi connectivity index (χ2n) is 5.38. The Morgan fingerprint density at radius 1 is 1.33 bits per heavy atom. The van der Waals surface area contributed by atoms with E-state index in [1.165, 1.54) is 0 Å². The van der Waals surface area contributed by atoms with Crippen molar-refractivity contribution in [2.45, 2.75) is 53.0 Å². The van der Waals surface area contributed by atoms with Gasteiger partial charge in [0.05, 0.1) is 5.41 Å². The minimum absolute atomic E-state index is 0.113. The molecule has 0 aromatic rings. The van der Waals surface area contributed by atoms with Crippen molar-refractivity contribution in [2.75, 3.05) is 26.7 Å². The highest BCUT2D eigenvalue weighted by Gasteiger charge is 2.32. The molecular formula is C14H31N3O. The van der Waals surface area contributed by atoms with E-state index in [4.69, 9.17) is 5.73 Å². The van der Waals surface area contributed by atoms with Crippen LogP contribution in [0.1, 0.15) is 47.0 Å². The molecule has 0 aliphatic heterocycles. The van der Waals surface area contributed by atoms with Crippen LogP contribution in [0.2, 0.25) is 0 Å². The summed E-state index contributed by atoms with van der Waals surface area (Å²) in [7, 11) is 2.11. The fourth-order valence-electron chi connectivity index (χ4n) is 1.93. The summed E-state index contributed by atoms with van der Waals surface area (Å²) in [5.74, 6) is 0.113. The molecule has 0 unspecified atom stereocenters. The van der Waals surface area contributed by atoms with Gasteiger partial charge in [-0.3, -0.25) is 4.79 Å². The molecule has 4 heteroatoms. The van der Waals surface area contributed by atoms with Crippen LogP contribution in [0.3, 0.4) is 0 Å². The minimum Gasteiger partial charge on any atom is -0.356 e. The van der Waals surface area contributed by atoms with Gasteiger partial charge >= 0.3 is 0 Å². The molecule has 3 N–H and O–H groups in total. The maximum Gasteiger partial charge on any atom is 0.227 e. The number of carbonyl (C=O) groups excluding carboxylic acids is 1. The molecule has 0 atom stereocenters. The van der Waals surface area contributed by atoms with Gasteiger partial charge in [0.1, 0.15) is 0 Å². The van der Waals surface area contributed by atoms with E-state index in [0.717, 1.165) is 32.4 Å². The first-order valence-corrected chi connectivity index (χ1v) is 7.12. The van der Waals surface area contributed by atoms with Crippen molar-refractivity contribution in [3.05, 3.63) is 0 Å². The standard InChI is InChI=1S/C14H31N3O/c1-6-14(7-2,11-15)13(18)16-9-8-10-17(5)12(3)4/h12H,6-11,15H2,1-5H3,(H,16,18). The average molecular weight is 257 g/mol. The van der Waals surface area contributed by atoms with Crippen LogP contribution in [0, 0.1) is 5.41 Å². The Labute approximate surface area is 112 Å². The lowest BCUT2D eigenvalue weighted by Gasteiger charge is -2.28. The Bertz CT molecular complexity index is 229. The Hall–Kier alpha value is -0.610. The average Bonchev–Trinajstić information content (AvgIpc) is 2.37. The Balaban J connectivity index is 4.03. The van der Waals surface area contributed by atoms with Crippen LogP contribution in [-0.4, -0.2) is 43.5 Å². The molecule has 0 saturated heterocycles. The van der Waals surface area contributed by atoms with Crippen LogP contribution in [0.5, 0.6) is 0 Å². The van der Waals surface area contributed by atoms with Gasteiger partial charge in [-0.05, 0) is 46.7 Å². The van der Waals surface area contributed by atoms with E-state index in [-0.39, 0.29) is 11.3 Å². The molecule has 0 bridgehead atoms. The number of carbonyl (C=O) groups is 1. The molecule has 0 radical (unpaired) electrons. The number of hydrogen-bond acceptors (Lipinski definition) is 3. The zero-order chi connectivity index (χ0) is 14.2. The van der Waals surface area contributed by atoms with Gasteiger partial charge in [-0.2, -0.15) is 0 Å². The summed E-state index contributed by atoms with van der Waals surface area (Å²) in [4.78, 5) is 14.4. The quantitative estimate of drug-likeness (QED) is 0.617. The number of nitrogens with one attached hydrogen (secondary N) is 1. The van der Waals surface area contributed by atoms with Crippen LogP contribution in [0.15, 0.2) is 0 Å². The van der Waals surface area contributed by atoms with Gasteiger partial charge in [-0.15, -0.1) is 0 Å².